The number of hydrogen-bond acceptors (Lipinski definition) is 2. The summed E-state index contributed by atoms with van der Waals surface area (Å²) in [7, 11) is 0. The molecule has 2 nitrogen and oxygen atoms in total. The minimum absolute atomic E-state index is 0.0397. The minimum Gasteiger partial charge on any atom is -0.453 e. The number of Topliss-reactive ketones (excluding diaryl/α,β-unsaturated/α-hetero) is 1. The van der Waals surface area contributed by atoms with E-state index in [1.165, 1.54) is 19.1 Å². The van der Waals surface area contributed by atoms with Crippen molar-refractivity contribution in [3.8, 4) is 11.5 Å². The highest BCUT2D eigenvalue weighted by atomic mass is 79.9. The normalized spacial score (nSPS) is 10.3. The standard InChI is InChI=1S/C14H9Br2FO2/c1-8(18)9-2-4-13(11(16)6-9)19-14-5-3-10(15)7-12(14)17/h2-7H,1H3. The molecule has 0 radical (unpaired) electrons. The summed E-state index contributed by atoms with van der Waals surface area (Å²) in [6.45, 7) is 1.48. The van der Waals surface area contributed by atoms with E-state index in [4.69, 9.17) is 4.74 Å². The summed E-state index contributed by atoms with van der Waals surface area (Å²) < 4.78 is 20.4. The molecule has 0 aromatic heterocycles. The van der Waals surface area contributed by atoms with Crippen molar-refractivity contribution >= 4 is 37.6 Å². The lowest BCUT2D eigenvalue weighted by molar-refractivity contribution is 0.101. The molecule has 19 heavy (non-hydrogen) atoms. The van der Waals surface area contributed by atoms with E-state index in [1.807, 2.05) is 0 Å². The molecule has 0 N–H and O–H groups in total. The van der Waals surface area contributed by atoms with E-state index in [9.17, 15) is 9.18 Å². The monoisotopic (exact) mass is 386 g/mol. The molecule has 0 atom stereocenters. The van der Waals surface area contributed by atoms with Gasteiger partial charge in [-0.3, -0.25) is 4.79 Å². The van der Waals surface area contributed by atoms with E-state index in [1.54, 1.807) is 24.3 Å². The van der Waals surface area contributed by atoms with Crippen molar-refractivity contribution in [2.24, 2.45) is 0 Å². The third-order valence-corrected chi connectivity index (χ3v) is 3.57. The van der Waals surface area contributed by atoms with Crippen molar-refractivity contribution in [2.75, 3.05) is 0 Å². The van der Waals surface area contributed by atoms with Crippen molar-refractivity contribution in [1.29, 1.82) is 0 Å². The predicted molar refractivity (Wildman–Crippen MR) is 78.3 cm³/mol. The van der Waals surface area contributed by atoms with E-state index in [2.05, 4.69) is 31.9 Å². The van der Waals surface area contributed by atoms with Crippen LogP contribution in [0.15, 0.2) is 45.3 Å². The third-order valence-electron chi connectivity index (χ3n) is 2.45. The van der Waals surface area contributed by atoms with E-state index in [0.717, 1.165) is 0 Å². The molecule has 0 aliphatic carbocycles. The molecule has 0 saturated carbocycles. The van der Waals surface area contributed by atoms with E-state index in [0.29, 0.717) is 20.3 Å². The average Bonchev–Trinajstić information content (AvgIpc) is 2.34. The molecule has 2 aromatic carbocycles. The van der Waals surface area contributed by atoms with Gasteiger partial charge in [0, 0.05) is 10.0 Å². The van der Waals surface area contributed by atoms with Gasteiger partial charge >= 0.3 is 0 Å². The molecule has 0 unspecified atom stereocenters. The largest absolute Gasteiger partial charge is 0.453 e. The highest BCUT2D eigenvalue weighted by Gasteiger charge is 2.09. The lowest BCUT2D eigenvalue weighted by Gasteiger charge is -2.09. The first kappa shape index (κ1) is 14.2. The van der Waals surface area contributed by atoms with Gasteiger partial charge in [-0.25, -0.2) is 4.39 Å². The van der Waals surface area contributed by atoms with Gasteiger partial charge in [-0.05, 0) is 59.3 Å². The van der Waals surface area contributed by atoms with Gasteiger partial charge in [-0.15, -0.1) is 0 Å². The van der Waals surface area contributed by atoms with Gasteiger partial charge in [0.05, 0.1) is 4.47 Å². The Morgan fingerprint density at radius 2 is 1.79 bits per heavy atom. The molecule has 2 aromatic rings. The maximum Gasteiger partial charge on any atom is 0.166 e. The van der Waals surface area contributed by atoms with Crippen LogP contribution in [0.2, 0.25) is 0 Å². The molecule has 0 fully saturated rings. The van der Waals surface area contributed by atoms with Gasteiger partial charge in [-0.2, -0.15) is 0 Å². The maximum absolute atomic E-state index is 13.7. The second kappa shape index (κ2) is 5.84. The topological polar surface area (TPSA) is 26.3 Å². The Balaban J connectivity index is 2.31. The zero-order chi connectivity index (χ0) is 14.0. The molecule has 0 heterocycles. The van der Waals surface area contributed by atoms with Crippen LogP contribution in [0.1, 0.15) is 17.3 Å². The van der Waals surface area contributed by atoms with E-state index >= 15 is 0 Å². The van der Waals surface area contributed by atoms with Gasteiger partial charge in [0.2, 0.25) is 0 Å². The van der Waals surface area contributed by atoms with Gasteiger partial charge in [0.15, 0.2) is 17.3 Å². The van der Waals surface area contributed by atoms with Crippen molar-refractivity contribution in [3.63, 3.8) is 0 Å². The van der Waals surface area contributed by atoms with E-state index < -0.39 is 5.82 Å². The van der Waals surface area contributed by atoms with Crippen molar-refractivity contribution < 1.29 is 13.9 Å². The maximum atomic E-state index is 13.7. The van der Waals surface area contributed by atoms with Gasteiger partial charge in [-0.1, -0.05) is 15.9 Å². The van der Waals surface area contributed by atoms with Crippen molar-refractivity contribution in [2.45, 2.75) is 6.92 Å². The molecule has 0 aliphatic heterocycles. The van der Waals surface area contributed by atoms with Crippen LogP contribution in [-0.4, -0.2) is 5.78 Å². The summed E-state index contributed by atoms with van der Waals surface area (Å²) in [6.07, 6.45) is 0. The van der Waals surface area contributed by atoms with Gasteiger partial charge in [0.25, 0.3) is 0 Å². The van der Waals surface area contributed by atoms with Gasteiger partial charge in [0.1, 0.15) is 5.75 Å². The molecule has 0 amide bonds. The summed E-state index contributed by atoms with van der Waals surface area (Å²) in [4.78, 5) is 11.2. The SMILES string of the molecule is CC(=O)c1ccc(Oc2ccc(Br)cc2F)c(Br)c1. The van der Waals surface area contributed by atoms with Gasteiger partial charge < -0.3 is 4.74 Å². The Hall–Kier alpha value is -1.20. The van der Waals surface area contributed by atoms with Crippen molar-refractivity contribution in [3.05, 3.63) is 56.7 Å². The van der Waals surface area contributed by atoms with Crippen LogP contribution < -0.4 is 4.74 Å². The number of halogens is 3. The lowest BCUT2D eigenvalue weighted by Crippen LogP contribution is -1.94. The number of carbonyl (C=O) groups excluding carboxylic acids is 1. The molecular weight excluding hydrogens is 379 g/mol. The molecule has 0 aliphatic rings. The van der Waals surface area contributed by atoms with Crippen LogP contribution in [0.25, 0.3) is 0 Å². The fourth-order valence-electron chi connectivity index (χ4n) is 1.48. The summed E-state index contributed by atoms with van der Waals surface area (Å²) in [5.41, 5.74) is 0.565. The smallest absolute Gasteiger partial charge is 0.166 e. The highest BCUT2D eigenvalue weighted by Crippen LogP contribution is 2.32. The summed E-state index contributed by atoms with van der Waals surface area (Å²) in [5, 5.41) is 0. The molecule has 2 rings (SSSR count). The summed E-state index contributed by atoms with van der Waals surface area (Å²) >= 11 is 6.48. The minimum atomic E-state index is -0.461. The van der Waals surface area contributed by atoms with Crippen LogP contribution in [0.5, 0.6) is 11.5 Å². The Kier molecular flexibility index (Phi) is 4.37. The first-order valence-corrected chi connectivity index (χ1v) is 6.99. The van der Waals surface area contributed by atoms with Crippen LogP contribution >= 0.6 is 31.9 Å². The fourth-order valence-corrected chi connectivity index (χ4v) is 2.27. The molecule has 0 bridgehead atoms. The first-order valence-electron chi connectivity index (χ1n) is 5.41. The predicted octanol–water partition coefficient (Wildman–Crippen LogP) is 5.35. The zero-order valence-electron chi connectivity index (χ0n) is 9.91. The number of ketones is 1. The van der Waals surface area contributed by atoms with Crippen LogP contribution in [0.4, 0.5) is 4.39 Å². The Labute approximate surface area is 126 Å². The first-order chi connectivity index (χ1) is 8.97. The fraction of sp³-hybridized carbons (Fsp3) is 0.0714. The van der Waals surface area contributed by atoms with Crippen LogP contribution in [0, 0.1) is 5.82 Å². The highest BCUT2D eigenvalue weighted by molar-refractivity contribution is 9.10. The molecule has 0 saturated heterocycles. The number of rotatable bonds is 3. The zero-order valence-corrected chi connectivity index (χ0v) is 13.1. The molecule has 98 valence electrons. The van der Waals surface area contributed by atoms with Crippen molar-refractivity contribution in [1.82, 2.24) is 0 Å². The quantitative estimate of drug-likeness (QED) is 0.664. The third kappa shape index (κ3) is 3.42. The molecular formula is C14H9Br2FO2. The molecule has 5 heteroatoms. The van der Waals surface area contributed by atoms with E-state index in [-0.39, 0.29) is 11.5 Å². The number of carbonyl (C=O) groups is 1. The molecule has 0 spiro atoms. The Bertz CT molecular complexity index is 641. The second-order valence-electron chi connectivity index (χ2n) is 3.88. The summed E-state index contributed by atoms with van der Waals surface area (Å²) in [5.74, 6) is 0.0738. The van der Waals surface area contributed by atoms with Crippen LogP contribution in [0.3, 0.4) is 0 Å². The Morgan fingerprint density at radius 3 is 2.37 bits per heavy atom. The Morgan fingerprint density at radius 1 is 1.11 bits per heavy atom. The summed E-state index contributed by atoms with van der Waals surface area (Å²) in [6, 6.07) is 9.46. The second-order valence-corrected chi connectivity index (χ2v) is 5.65. The number of hydrogen-bond donors (Lipinski definition) is 0. The number of ether oxygens (including phenoxy) is 1. The average molecular weight is 388 g/mol. The van der Waals surface area contributed by atoms with Crippen LogP contribution in [-0.2, 0) is 0 Å². The number of benzene rings is 2. The lowest BCUT2D eigenvalue weighted by atomic mass is 10.1.